The van der Waals surface area contributed by atoms with Gasteiger partial charge in [0.25, 0.3) is 0 Å². The standard InChI is InChI=1S/C15H14BrClO/c1-10-3-5-15(13(16)7-10)18-14-6-4-12(9-17)8-11(14)2/h3-8H,9H2,1-2H3. The van der Waals surface area contributed by atoms with E-state index in [1.165, 1.54) is 5.56 Å². The summed E-state index contributed by atoms with van der Waals surface area (Å²) in [7, 11) is 0. The van der Waals surface area contributed by atoms with Crippen molar-refractivity contribution >= 4 is 27.5 Å². The second-order valence-corrected chi connectivity index (χ2v) is 5.39. The SMILES string of the molecule is Cc1ccc(Oc2ccc(CCl)cc2C)c(Br)c1. The Morgan fingerprint density at radius 2 is 1.78 bits per heavy atom. The number of benzene rings is 2. The van der Waals surface area contributed by atoms with E-state index >= 15 is 0 Å². The van der Waals surface area contributed by atoms with E-state index in [9.17, 15) is 0 Å². The molecule has 0 amide bonds. The summed E-state index contributed by atoms with van der Waals surface area (Å²) in [6.07, 6.45) is 0. The highest BCUT2D eigenvalue weighted by atomic mass is 79.9. The predicted molar refractivity (Wildman–Crippen MR) is 79.7 cm³/mol. The fourth-order valence-corrected chi connectivity index (χ4v) is 2.46. The second kappa shape index (κ2) is 5.77. The van der Waals surface area contributed by atoms with Gasteiger partial charge in [0, 0.05) is 5.88 Å². The van der Waals surface area contributed by atoms with E-state index in [1.54, 1.807) is 0 Å². The van der Waals surface area contributed by atoms with Crippen LogP contribution in [0.25, 0.3) is 0 Å². The normalized spacial score (nSPS) is 10.4. The lowest BCUT2D eigenvalue weighted by Crippen LogP contribution is -1.90. The molecule has 2 rings (SSSR count). The maximum Gasteiger partial charge on any atom is 0.141 e. The largest absolute Gasteiger partial charge is 0.456 e. The molecule has 0 aliphatic rings. The lowest BCUT2D eigenvalue weighted by Gasteiger charge is -2.11. The van der Waals surface area contributed by atoms with Crippen LogP contribution in [0.5, 0.6) is 11.5 Å². The minimum absolute atomic E-state index is 0.523. The van der Waals surface area contributed by atoms with Crippen molar-refractivity contribution < 1.29 is 4.74 Å². The first-order chi connectivity index (χ1) is 8.60. The number of ether oxygens (including phenoxy) is 1. The van der Waals surface area contributed by atoms with E-state index in [4.69, 9.17) is 16.3 Å². The number of rotatable bonds is 3. The van der Waals surface area contributed by atoms with Crippen LogP contribution in [0.4, 0.5) is 0 Å². The van der Waals surface area contributed by atoms with Crippen LogP contribution in [0.3, 0.4) is 0 Å². The van der Waals surface area contributed by atoms with E-state index < -0.39 is 0 Å². The van der Waals surface area contributed by atoms with Gasteiger partial charge in [0.15, 0.2) is 0 Å². The molecule has 0 atom stereocenters. The van der Waals surface area contributed by atoms with Crippen molar-refractivity contribution in [3.63, 3.8) is 0 Å². The Labute approximate surface area is 121 Å². The minimum Gasteiger partial charge on any atom is -0.456 e. The van der Waals surface area contributed by atoms with Crippen molar-refractivity contribution in [2.24, 2.45) is 0 Å². The maximum atomic E-state index is 5.90. The fraction of sp³-hybridized carbons (Fsp3) is 0.200. The average Bonchev–Trinajstić information content (AvgIpc) is 2.34. The highest BCUT2D eigenvalue weighted by Crippen LogP contribution is 2.32. The Morgan fingerprint density at radius 3 is 2.39 bits per heavy atom. The van der Waals surface area contributed by atoms with Crippen LogP contribution in [0.15, 0.2) is 40.9 Å². The Morgan fingerprint density at radius 1 is 1.06 bits per heavy atom. The molecule has 2 aromatic carbocycles. The van der Waals surface area contributed by atoms with Gasteiger partial charge in [0.1, 0.15) is 11.5 Å². The summed E-state index contributed by atoms with van der Waals surface area (Å²) < 4.78 is 6.87. The Hall–Kier alpha value is -0.990. The first-order valence-corrected chi connectivity index (χ1v) is 7.02. The number of alkyl halides is 1. The molecule has 0 N–H and O–H groups in total. The lowest BCUT2D eigenvalue weighted by molar-refractivity contribution is 0.475. The van der Waals surface area contributed by atoms with Gasteiger partial charge in [0.2, 0.25) is 0 Å². The number of halogens is 2. The highest BCUT2D eigenvalue weighted by Gasteiger charge is 2.06. The zero-order valence-electron chi connectivity index (χ0n) is 10.3. The smallest absolute Gasteiger partial charge is 0.141 e. The Balaban J connectivity index is 2.28. The summed E-state index contributed by atoms with van der Waals surface area (Å²) in [5.74, 6) is 2.20. The second-order valence-electron chi connectivity index (χ2n) is 4.27. The van der Waals surface area contributed by atoms with Gasteiger partial charge in [-0.25, -0.2) is 0 Å². The average molecular weight is 326 g/mol. The number of hydrogen-bond donors (Lipinski definition) is 0. The molecule has 1 nitrogen and oxygen atoms in total. The van der Waals surface area contributed by atoms with Gasteiger partial charge in [-0.2, -0.15) is 0 Å². The van der Waals surface area contributed by atoms with Crippen LogP contribution in [0.2, 0.25) is 0 Å². The van der Waals surface area contributed by atoms with Crippen molar-refractivity contribution in [1.82, 2.24) is 0 Å². The van der Waals surface area contributed by atoms with Crippen LogP contribution >= 0.6 is 27.5 Å². The summed E-state index contributed by atoms with van der Waals surface area (Å²) >= 11 is 9.32. The Kier molecular flexibility index (Phi) is 4.31. The zero-order valence-corrected chi connectivity index (χ0v) is 12.7. The van der Waals surface area contributed by atoms with Gasteiger partial charge in [-0.3, -0.25) is 0 Å². The van der Waals surface area contributed by atoms with Crippen molar-refractivity contribution in [3.8, 4) is 11.5 Å². The zero-order chi connectivity index (χ0) is 13.1. The van der Waals surface area contributed by atoms with Gasteiger partial charge in [0.05, 0.1) is 4.47 Å². The van der Waals surface area contributed by atoms with Crippen molar-refractivity contribution in [3.05, 3.63) is 57.6 Å². The van der Waals surface area contributed by atoms with Crippen molar-refractivity contribution in [2.75, 3.05) is 0 Å². The van der Waals surface area contributed by atoms with E-state index in [2.05, 4.69) is 22.9 Å². The molecular formula is C15H14BrClO. The lowest BCUT2D eigenvalue weighted by atomic mass is 10.1. The molecule has 0 radical (unpaired) electrons. The molecule has 0 bridgehead atoms. The third-order valence-electron chi connectivity index (χ3n) is 2.70. The maximum absolute atomic E-state index is 5.90. The monoisotopic (exact) mass is 324 g/mol. The molecule has 3 heteroatoms. The summed E-state index contributed by atoms with van der Waals surface area (Å²) in [4.78, 5) is 0. The van der Waals surface area contributed by atoms with Crippen molar-refractivity contribution in [2.45, 2.75) is 19.7 Å². The van der Waals surface area contributed by atoms with Gasteiger partial charge in [-0.1, -0.05) is 18.2 Å². The molecule has 0 aromatic heterocycles. The van der Waals surface area contributed by atoms with Gasteiger partial charge < -0.3 is 4.74 Å². The predicted octanol–water partition coefficient (Wildman–Crippen LogP) is 5.60. The quantitative estimate of drug-likeness (QED) is 0.668. The van der Waals surface area contributed by atoms with Crippen LogP contribution in [-0.4, -0.2) is 0 Å². The molecule has 0 unspecified atom stereocenters. The molecule has 0 fully saturated rings. The van der Waals surface area contributed by atoms with Gasteiger partial charge in [-0.15, -0.1) is 11.6 Å². The van der Waals surface area contributed by atoms with E-state index in [1.807, 2.05) is 43.3 Å². The topological polar surface area (TPSA) is 9.23 Å². The van der Waals surface area contributed by atoms with Crippen molar-refractivity contribution in [1.29, 1.82) is 0 Å². The Bertz CT molecular complexity index is 566. The molecule has 18 heavy (non-hydrogen) atoms. The molecule has 0 spiro atoms. The number of hydrogen-bond acceptors (Lipinski definition) is 1. The van der Waals surface area contributed by atoms with Crippen LogP contribution in [0.1, 0.15) is 16.7 Å². The molecule has 0 aliphatic carbocycles. The van der Waals surface area contributed by atoms with Gasteiger partial charge >= 0.3 is 0 Å². The third kappa shape index (κ3) is 3.06. The molecule has 0 heterocycles. The van der Waals surface area contributed by atoms with Gasteiger partial charge in [-0.05, 0) is 64.7 Å². The summed E-state index contributed by atoms with van der Waals surface area (Å²) in [5.41, 5.74) is 3.38. The van der Waals surface area contributed by atoms with Crippen LogP contribution < -0.4 is 4.74 Å². The van der Waals surface area contributed by atoms with Crippen LogP contribution in [-0.2, 0) is 5.88 Å². The molecule has 2 aromatic rings. The highest BCUT2D eigenvalue weighted by molar-refractivity contribution is 9.10. The third-order valence-corrected chi connectivity index (χ3v) is 3.63. The molecule has 0 aliphatic heterocycles. The molecular weight excluding hydrogens is 312 g/mol. The summed E-state index contributed by atoms with van der Waals surface area (Å²) in [6.45, 7) is 4.07. The van der Waals surface area contributed by atoms with E-state index in [0.29, 0.717) is 5.88 Å². The molecule has 0 saturated heterocycles. The summed E-state index contributed by atoms with van der Waals surface area (Å²) in [5, 5.41) is 0. The first kappa shape index (κ1) is 13.4. The molecule has 0 saturated carbocycles. The minimum atomic E-state index is 0.523. The summed E-state index contributed by atoms with van der Waals surface area (Å²) in [6, 6.07) is 12.0. The van der Waals surface area contributed by atoms with E-state index in [0.717, 1.165) is 27.1 Å². The fourth-order valence-electron chi connectivity index (χ4n) is 1.72. The first-order valence-electron chi connectivity index (χ1n) is 5.69. The number of aryl methyl sites for hydroxylation is 2. The van der Waals surface area contributed by atoms with Crippen LogP contribution in [0, 0.1) is 13.8 Å². The molecule has 94 valence electrons. The van der Waals surface area contributed by atoms with E-state index in [-0.39, 0.29) is 0 Å².